The van der Waals surface area contributed by atoms with Gasteiger partial charge in [0.25, 0.3) is 0 Å². The third-order valence-corrected chi connectivity index (χ3v) is 6.76. The molecule has 6 heteroatoms. The number of likely N-dealkylation sites (N-methyl/N-ethyl adjacent to an activating group) is 1. The second-order valence-electron chi connectivity index (χ2n) is 9.11. The average molecular weight is 467 g/mol. The minimum absolute atomic E-state index is 0.106. The van der Waals surface area contributed by atoms with Gasteiger partial charge >= 0.3 is 5.97 Å². The van der Waals surface area contributed by atoms with Crippen LogP contribution in [-0.4, -0.2) is 50.3 Å². The van der Waals surface area contributed by atoms with Crippen LogP contribution < -0.4 is 9.47 Å². The van der Waals surface area contributed by atoms with Crippen molar-refractivity contribution in [3.63, 3.8) is 0 Å². The Hall–Kier alpha value is -3.04. The zero-order valence-corrected chi connectivity index (χ0v) is 21.4. The number of rotatable bonds is 13. The predicted octanol–water partition coefficient (Wildman–Crippen LogP) is 5.34. The van der Waals surface area contributed by atoms with Gasteiger partial charge in [0.05, 0.1) is 31.3 Å². The topological polar surface area (TPSA) is 82.8 Å². The number of hydrogen-bond donors (Lipinski definition) is 1. The number of nitriles is 1. The molecule has 1 atom stereocenters. The Labute approximate surface area is 204 Å². The third-order valence-electron chi connectivity index (χ3n) is 6.76. The zero-order chi connectivity index (χ0) is 25.3. The first-order chi connectivity index (χ1) is 16.2. The highest BCUT2D eigenvalue weighted by Gasteiger charge is 2.36. The van der Waals surface area contributed by atoms with Crippen molar-refractivity contribution in [2.45, 2.75) is 51.9 Å². The molecule has 6 nitrogen and oxygen atoms in total. The summed E-state index contributed by atoms with van der Waals surface area (Å²) in [4.78, 5) is 13.8. The molecule has 0 aliphatic heterocycles. The lowest BCUT2D eigenvalue weighted by atomic mass is 9.69. The van der Waals surface area contributed by atoms with Gasteiger partial charge in [-0.3, -0.25) is 0 Å². The van der Waals surface area contributed by atoms with E-state index in [2.05, 4.69) is 37.9 Å². The van der Waals surface area contributed by atoms with E-state index in [4.69, 9.17) is 9.47 Å². The highest BCUT2D eigenvalue weighted by molar-refractivity contribution is 5.89. The predicted molar refractivity (Wildman–Crippen MR) is 135 cm³/mol. The standard InChI is InChI=1S/C28H38N2O4/c1-7-22-18-23(10-11-24(22)27(31)32)28(19-29,20(2)3)14-8-15-30(4)16-13-21-9-12-25(33-5)26(17-21)34-6/h9-12,17-18,20H,7-8,13-16H2,1-6H3,(H,31,32). The maximum atomic E-state index is 11.5. The van der Waals surface area contributed by atoms with Crippen LogP contribution in [0.5, 0.6) is 11.5 Å². The van der Waals surface area contributed by atoms with E-state index in [1.54, 1.807) is 20.3 Å². The normalized spacial score (nSPS) is 12.9. The van der Waals surface area contributed by atoms with E-state index in [0.29, 0.717) is 12.0 Å². The Morgan fingerprint density at radius 2 is 1.82 bits per heavy atom. The van der Waals surface area contributed by atoms with Crippen molar-refractivity contribution in [2.24, 2.45) is 5.92 Å². The fourth-order valence-electron chi connectivity index (χ4n) is 4.48. The lowest BCUT2D eigenvalue weighted by molar-refractivity contribution is 0.0695. The van der Waals surface area contributed by atoms with E-state index in [0.717, 1.165) is 55.0 Å². The molecule has 0 aliphatic carbocycles. The summed E-state index contributed by atoms with van der Waals surface area (Å²) in [5.74, 6) is 0.643. The van der Waals surface area contributed by atoms with Gasteiger partial charge in [0.15, 0.2) is 11.5 Å². The van der Waals surface area contributed by atoms with E-state index < -0.39 is 11.4 Å². The number of aryl methyl sites for hydroxylation is 1. The number of aromatic carboxylic acids is 1. The van der Waals surface area contributed by atoms with Crippen LogP contribution in [0.2, 0.25) is 0 Å². The maximum absolute atomic E-state index is 11.5. The first-order valence-corrected chi connectivity index (χ1v) is 11.9. The number of methoxy groups -OCH3 is 2. The van der Waals surface area contributed by atoms with Crippen molar-refractivity contribution in [3.05, 3.63) is 58.7 Å². The van der Waals surface area contributed by atoms with E-state index >= 15 is 0 Å². The highest BCUT2D eigenvalue weighted by atomic mass is 16.5. The smallest absolute Gasteiger partial charge is 0.335 e. The quantitative estimate of drug-likeness (QED) is 0.429. The van der Waals surface area contributed by atoms with Crippen molar-refractivity contribution in [1.29, 1.82) is 5.26 Å². The number of carboxylic acids is 1. The van der Waals surface area contributed by atoms with Crippen molar-refractivity contribution >= 4 is 5.97 Å². The van der Waals surface area contributed by atoms with Crippen molar-refractivity contribution in [1.82, 2.24) is 4.90 Å². The summed E-state index contributed by atoms with van der Waals surface area (Å²) in [5.41, 5.74) is 2.54. The molecule has 2 aromatic rings. The van der Waals surface area contributed by atoms with Gasteiger partial charge in [0.1, 0.15) is 0 Å². The lowest BCUT2D eigenvalue weighted by Gasteiger charge is -2.32. The molecule has 0 saturated carbocycles. The largest absolute Gasteiger partial charge is 0.493 e. The lowest BCUT2D eigenvalue weighted by Crippen LogP contribution is -2.33. The molecule has 1 N–H and O–H groups in total. The molecular formula is C28H38N2O4. The molecule has 2 rings (SSSR count). The van der Waals surface area contributed by atoms with Crippen LogP contribution in [0.25, 0.3) is 0 Å². The minimum atomic E-state index is -0.924. The van der Waals surface area contributed by atoms with Gasteiger partial charge < -0.3 is 19.5 Å². The molecule has 0 spiro atoms. The fraction of sp³-hybridized carbons (Fsp3) is 0.500. The summed E-state index contributed by atoms with van der Waals surface area (Å²) in [6, 6.07) is 14.0. The summed E-state index contributed by atoms with van der Waals surface area (Å²) in [5, 5.41) is 19.7. The zero-order valence-electron chi connectivity index (χ0n) is 21.4. The van der Waals surface area contributed by atoms with Crippen LogP contribution in [0.3, 0.4) is 0 Å². The molecule has 1 unspecified atom stereocenters. The van der Waals surface area contributed by atoms with Crippen molar-refractivity contribution in [3.8, 4) is 17.6 Å². The summed E-state index contributed by atoms with van der Waals surface area (Å²) in [7, 11) is 5.37. The van der Waals surface area contributed by atoms with Gasteiger partial charge in [-0.1, -0.05) is 39.0 Å². The Morgan fingerprint density at radius 3 is 2.38 bits per heavy atom. The number of carbonyl (C=O) groups is 1. The Bertz CT molecular complexity index is 1010. The number of carboxylic acid groups (broad SMARTS) is 1. The minimum Gasteiger partial charge on any atom is -0.493 e. The van der Waals surface area contributed by atoms with Crippen LogP contribution in [0, 0.1) is 17.2 Å². The number of nitrogens with zero attached hydrogens (tertiary/aromatic N) is 2. The summed E-state index contributed by atoms with van der Waals surface area (Å²) in [6.45, 7) is 7.85. The summed E-state index contributed by atoms with van der Waals surface area (Å²) < 4.78 is 10.7. The van der Waals surface area contributed by atoms with E-state index in [1.807, 2.05) is 31.2 Å². The van der Waals surface area contributed by atoms with Gasteiger partial charge in [-0.2, -0.15) is 5.26 Å². The SMILES string of the molecule is CCc1cc(C(C#N)(CCCN(C)CCc2ccc(OC)c(OC)c2)C(C)C)ccc1C(=O)O. The Kier molecular flexibility index (Phi) is 9.95. The Balaban J connectivity index is 2.06. The number of hydrogen-bond acceptors (Lipinski definition) is 5. The van der Waals surface area contributed by atoms with Crippen molar-refractivity contribution in [2.75, 3.05) is 34.4 Å². The van der Waals surface area contributed by atoms with Crippen molar-refractivity contribution < 1.29 is 19.4 Å². The van der Waals surface area contributed by atoms with Crippen LogP contribution in [0.15, 0.2) is 36.4 Å². The van der Waals surface area contributed by atoms with Crippen LogP contribution >= 0.6 is 0 Å². The summed E-state index contributed by atoms with van der Waals surface area (Å²) >= 11 is 0. The van der Waals surface area contributed by atoms with Crippen LogP contribution in [0.4, 0.5) is 0 Å². The van der Waals surface area contributed by atoms with E-state index in [9.17, 15) is 15.2 Å². The molecule has 184 valence electrons. The third kappa shape index (κ3) is 6.30. The molecular weight excluding hydrogens is 428 g/mol. The molecule has 0 heterocycles. The molecule has 0 amide bonds. The first-order valence-electron chi connectivity index (χ1n) is 11.9. The van der Waals surface area contributed by atoms with E-state index in [1.165, 1.54) is 5.56 Å². The van der Waals surface area contributed by atoms with Crippen LogP contribution in [0.1, 0.15) is 60.7 Å². The fourth-order valence-corrected chi connectivity index (χ4v) is 4.48. The van der Waals surface area contributed by atoms with Gasteiger partial charge in [0.2, 0.25) is 0 Å². The molecule has 0 fully saturated rings. The molecule has 2 aromatic carbocycles. The van der Waals surface area contributed by atoms with Gasteiger partial charge in [0, 0.05) is 6.54 Å². The Morgan fingerprint density at radius 1 is 1.12 bits per heavy atom. The van der Waals surface area contributed by atoms with Gasteiger partial charge in [-0.25, -0.2) is 4.79 Å². The summed E-state index contributed by atoms with van der Waals surface area (Å²) in [6.07, 6.45) is 3.10. The first kappa shape index (κ1) is 27.2. The monoisotopic (exact) mass is 466 g/mol. The second kappa shape index (κ2) is 12.4. The maximum Gasteiger partial charge on any atom is 0.335 e. The number of benzene rings is 2. The van der Waals surface area contributed by atoms with Gasteiger partial charge in [-0.15, -0.1) is 0 Å². The van der Waals surface area contributed by atoms with Gasteiger partial charge in [-0.05, 0) is 80.1 Å². The molecule has 34 heavy (non-hydrogen) atoms. The van der Waals surface area contributed by atoms with E-state index in [-0.39, 0.29) is 5.92 Å². The average Bonchev–Trinajstić information content (AvgIpc) is 2.84. The molecule has 0 saturated heterocycles. The number of ether oxygens (including phenoxy) is 2. The molecule has 0 bridgehead atoms. The second-order valence-corrected chi connectivity index (χ2v) is 9.11. The molecule has 0 aromatic heterocycles. The highest BCUT2D eigenvalue weighted by Crippen LogP contribution is 2.37. The molecule has 0 radical (unpaired) electrons. The molecule has 0 aliphatic rings. The van der Waals surface area contributed by atoms with Crippen LogP contribution in [-0.2, 0) is 18.3 Å².